The van der Waals surface area contributed by atoms with Crippen LogP contribution in [0, 0.1) is 23.2 Å². The first-order valence-electron chi connectivity index (χ1n) is 8.92. The van der Waals surface area contributed by atoms with Crippen molar-refractivity contribution >= 4 is 0 Å². The highest BCUT2D eigenvalue weighted by Crippen LogP contribution is 2.70. The van der Waals surface area contributed by atoms with Gasteiger partial charge in [0.2, 0.25) is 0 Å². The molecule has 1 saturated carbocycles. The van der Waals surface area contributed by atoms with Crippen LogP contribution in [0.5, 0.6) is 0 Å². The molecule has 2 aliphatic rings. The van der Waals surface area contributed by atoms with E-state index in [2.05, 4.69) is 61.5 Å². The van der Waals surface area contributed by atoms with E-state index in [0.29, 0.717) is 17.3 Å². The van der Waals surface area contributed by atoms with Gasteiger partial charge in [0.1, 0.15) is 5.60 Å². The second-order valence-electron chi connectivity index (χ2n) is 8.92. The average Bonchev–Trinajstić information content (AvgIpc) is 2.75. The molecule has 21 heavy (non-hydrogen) atoms. The molecule has 0 aromatic carbocycles. The zero-order chi connectivity index (χ0) is 16.1. The van der Waals surface area contributed by atoms with Crippen LogP contribution >= 0.6 is 0 Å². The van der Waals surface area contributed by atoms with Crippen LogP contribution in [0.15, 0.2) is 11.6 Å². The Bertz CT molecular complexity index is 418. The largest absolute Gasteiger partial charge is 0.362 e. The summed E-state index contributed by atoms with van der Waals surface area (Å²) in [5, 5.41) is 0. The van der Waals surface area contributed by atoms with Crippen molar-refractivity contribution in [3.05, 3.63) is 11.6 Å². The van der Waals surface area contributed by atoms with E-state index in [-0.39, 0.29) is 11.2 Å². The monoisotopic (exact) mass is 292 g/mol. The topological polar surface area (TPSA) is 12.5 Å². The lowest BCUT2D eigenvalue weighted by Gasteiger charge is -2.40. The summed E-state index contributed by atoms with van der Waals surface area (Å²) in [6.07, 6.45) is 7.28. The van der Waals surface area contributed by atoms with Gasteiger partial charge >= 0.3 is 0 Å². The first-order valence-corrected chi connectivity index (χ1v) is 8.92. The van der Waals surface area contributed by atoms with Crippen molar-refractivity contribution in [2.24, 2.45) is 23.2 Å². The van der Waals surface area contributed by atoms with Gasteiger partial charge in [0, 0.05) is 0 Å². The van der Waals surface area contributed by atoms with Crippen molar-refractivity contribution in [2.45, 2.75) is 92.3 Å². The molecule has 0 radical (unpaired) electrons. The lowest BCUT2D eigenvalue weighted by molar-refractivity contribution is 0.0673. The van der Waals surface area contributed by atoms with Gasteiger partial charge in [0.15, 0.2) is 0 Å². The number of rotatable bonds is 5. The minimum absolute atomic E-state index is 0.112. The molecule has 0 amide bonds. The molecule has 0 bridgehead atoms. The van der Waals surface area contributed by atoms with Crippen LogP contribution in [-0.4, -0.2) is 11.2 Å². The van der Waals surface area contributed by atoms with Crippen molar-refractivity contribution in [1.82, 2.24) is 0 Å². The van der Waals surface area contributed by atoms with Crippen molar-refractivity contribution < 1.29 is 4.74 Å². The maximum absolute atomic E-state index is 6.53. The lowest BCUT2D eigenvalue weighted by Crippen LogP contribution is -2.40. The molecule has 0 unspecified atom stereocenters. The summed E-state index contributed by atoms with van der Waals surface area (Å²) in [5.74, 6) is 2.13. The zero-order valence-corrected chi connectivity index (χ0v) is 15.5. The third-order valence-electron chi connectivity index (χ3n) is 6.67. The van der Waals surface area contributed by atoms with Crippen LogP contribution in [0.4, 0.5) is 0 Å². The highest BCUT2D eigenvalue weighted by atomic mass is 16.6. The molecule has 1 nitrogen and oxygen atoms in total. The van der Waals surface area contributed by atoms with Gasteiger partial charge in [0.05, 0.1) is 5.60 Å². The van der Waals surface area contributed by atoms with E-state index >= 15 is 0 Å². The van der Waals surface area contributed by atoms with Crippen molar-refractivity contribution in [1.29, 1.82) is 0 Å². The molecule has 1 heterocycles. The van der Waals surface area contributed by atoms with E-state index in [4.69, 9.17) is 4.74 Å². The van der Waals surface area contributed by atoms with Gasteiger partial charge in [-0.25, -0.2) is 0 Å². The quantitative estimate of drug-likeness (QED) is 0.448. The van der Waals surface area contributed by atoms with Crippen molar-refractivity contribution in [3.8, 4) is 0 Å². The molecule has 1 heteroatoms. The van der Waals surface area contributed by atoms with Gasteiger partial charge in [-0.05, 0) is 69.6 Å². The molecule has 2 rings (SSSR count). The summed E-state index contributed by atoms with van der Waals surface area (Å²) in [7, 11) is 0. The Morgan fingerprint density at radius 1 is 1.14 bits per heavy atom. The molecule has 0 N–H and O–H groups in total. The highest BCUT2D eigenvalue weighted by Gasteiger charge is 2.75. The van der Waals surface area contributed by atoms with E-state index in [9.17, 15) is 0 Å². The Hall–Kier alpha value is -0.300. The Kier molecular flexibility index (Phi) is 4.39. The van der Waals surface area contributed by atoms with Gasteiger partial charge in [-0.2, -0.15) is 0 Å². The fourth-order valence-electron chi connectivity index (χ4n) is 5.23. The summed E-state index contributed by atoms with van der Waals surface area (Å²) in [5.41, 5.74) is 2.13. The Labute approximate surface area is 132 Å². The second-order valence-corrected chi connectivity index (χ2v) is 8.92. The predicted octanol–water partition coefficient (Wildman–Crippen LogP) is 5.99. The van der Waals surface area contributed by atoms with Gasteiger partial charge < -0.3 is 4.74 Å². The predicted molar refractivity (Wildman–Crippen MR) is 91.4 cm³/mol. The van der Waals surface area contributed by atoms with Gasteiger partial charge in [0.25, 0.3) is 0 Å². The summed E-state index contributed by atoms with van der Waals surface area (Å²) < 4.78 is 6.53. The van der Waals surface area contributed by atoms with E-state index in [1.807, 2.05) is 0 Å². The molecular formula is C20H36O. The van der Waals surface area contributed by atoms with Crippen LogP contribution in [0.25, 0.3) is 0 Å². The minimum Gasteiger partial charge on any atom is -0.362 e. The summed E-state index contributed by atoms with van der Waals surface area (Å²) in [6.45, 7) is 18.9. The van der Waals surface area contributed by atoms with Crippen LogP contribution < -0.4 is 0 Å². The minimum atomic E-state index is 0.112. The number of hydrogen-bond donors (Lipinski definition) is 0. The Morgan fingerprint density at radius 3 is 2.24 bits per heavy atom. The van der Waals surface area contributed by atoms with E-state index < -0.39 is 0 Å². The Balaban J connectivity index is 2.19. The standard InChI is InChI=1S/C20H36O/c1-14(2)10-9-11-19(8)20(21-19)13-12-18(7,16(5)6)17(20)15(3)4/h10,15-17H,9,11-13H2,1-8H3/t17-,18-,19-,20+/m1/s1. The summed E-state index contributed by atoms with van der Waals surface area (Å²) >= 11 is 0. The molecule has 1 aliphatic carbocycles. The maximum atomic E-state index is 6.53. The van der Waals surface area contributed by atoms with Crippen LogP contribution in [0.3, 0.4) is 0 Å². The third kappa shape index (κ3) is 2.60. The number of allylic oxidation sites excluding steroid dienone is 2. The SMILES string of the molecule is CC(C)=CCC[C@@]1(C)O[C@]12CC[C@](C)(C(C)C)[C@H]2C(C)C. The number of ether oxygens (including phenoxy) is 1. The fraction of sp³-hybridized carbons (Fsp3) is 0.900. The van der Waals surface area contributed by atoms with Gasteiger partial charge in [-0.1, -0.05) is 46.3 Å². The van der Waals surface area contributed by atoms with E-state index in [0.717, 1.165) is 12.3 Å². The van der Waals surface area contributed by atoms with Crippen LogP contribution in [-0.2, 0) is 4.74 Å². The van der Waals surface area contributed by atoms with Crippen LogP contribution in [0.1, 0.15) is 81.1 Å². The fourth-order valence-corrected chi connectivity index (χ4v) is 5.23. The van der Waals surface area contributed by atoms with E-state index in [1.54, 1.807) is 0 Å². The first-order chi connectivity index (χ1) is 9.59. The summed E-state index contributed by atoms with van der Waals surface area (Å²) in [4.78, 5) is 0. The normalized spacial score (nSPS) is 42.1. The molecule has 1 saturated heterocycles. The third-order valence-corrected chi connectivity index (χ3v) is 6.67. The second kappa shape index (κ2) is 5.41. The molecule has 4 atom stereocenters. The first kappa shape index (κ1) is 17.1. The van der Waals surface area contributed by atoms with Crippen molar-refractivity contribution in [3.63, 3.8) is 0 Å². The van der Waals surface area contributed by atoms with Crippen molar-refractivity contribution in [2.75, 3.05) is 0 Å². The maximum Gasteiger partial charge on any atom is 0.101 e. The lowest BCUT2D eigenvalue weighted by atomic mass is 9.63. The average molecular weight is 293 g/mol. The molecule has 0 aromatic heterocycles. The highest BCUT2D eigenvalue weighted by molar-refractivity contribution is 5.24. The molecule has 0 aromatic rings. The smallest absolute Gasteiger partial charge is 0.101 e. The molecular weight excluding hydrogens is 256 g/mol. The number of epoxide rings is 1. The summed E-state index contributed by atoms with van der Waals surface area (Å²) in [6, 6.07) is 0. The molecule has 2 fully saturated rings. The molecule has 122 valence electrons. The van der Waals surface area contributed by atoms with Gasteiger partial charge in [-0.3, -0.25) is 0 Å². The molecule has 1 aliphatic heterocycles. The zero-order valence-electron chi connectivity index (χ0n) is 15.5. The van der Waals surface area contributed by atoms with Gasteiger partial charge in [-0.15, -0.1) is 0 Å². The van der Waals surface area contributed by atoms with Crippen LogP contribution in [0.2, 0.25) is 0 Å². The Morgan fingerprint density at radius 2 is 1.76 bits per heavy atom. The van der Waals surface area contributed by atoms with E-state index in [1.165, 1.54) is 24.8 Å². The molecule has 1 spiro atoms. The number of hydrogen-bond acceptors (Lipinski definition) is 1.